The molecular weight excluding hydrogens is 372 g/mol. The van der Waals surface area contributed by atoms with E-state index in [2.05, 4.69) is 5.32 Å². The molecule has 3 rings (SSSR count). The van der Waals surface area contributed by atoms with Gasteiger partial charge in [-0.15, -0.1) is 0 Å². The van der Waals surface area contributed by atoms with Crippen LogP contribution in [0.3, 0.4) is 0 Å². The lowest BCUT2D eigenvalue weighted by Crippen LogP contribution is -2.34. The average Bonchev–Trinajstić information content (AvgIpc) is 2.77. The maximum atomic E-state index is 11.6. The number of nitro benzene ring substituents is 1. The van der Waals surface area contributed by atoms with Crippen LogP contribution in [0.25, 0.3) is 0 Å². The third kappa shape index (κ3) is 5.03. The first-order valence-corrected chi connectivity index (χ1v) is 9.09. The first-order valence-electron chi connectivity index (χ1n) is 9.09. The summed E-state index contributed by atoms with van der Waals surface area (Å²) in [4.78, 5) is 11.2. The van der Waals surface area contributed by atoms with Crippen LogP contribution in [-0.4, -0.2) is 29.9 Å². The first-order chi connectivity index (χ1) is 14.1. The van der Waals surface area contributed by atoms with Crippen LogP contribution in [0.15, 0.2) is 78.9 Å². The van der Waals surface area contributed by atoms with Gasteiger partial charge in [0, 0.05) is 11.8 Å². The maximum Gasteiger partial charge on any atom is 0.274 e. The molecule has 29 heavy (non-hydrogen) atoms. The Morgan fingerprint density at radius 2 is 1.62 bits per heavy atom. The minimum absolute atomic E-state index is 0.0476. The zero-order valence-corrected chi connectivity index (χ0v) is 15.9. The summed E-state index contributed by atoms with van der Waals surface area (Å²) in [5.74, 6) is 1.25. The molecule has 150 valence electrons. The van der Waals surface area contributed by atoms with E-state index in [0.717, 1.165) is 0 Å². The van der Waals surface area contributed by atoms with Crippen molar-refractivity contribution in [1.29, 1.82) is 0 Å². The van der Waals surface area contributed by atoms with Crippen molar-refractivity contribution in [1.82, 2.24) is 0 Å². The molecule has 0 heterocycles. The second-order valence-corrected chi connectivity index (χ2v) is 6.32. The minimum atomic E-state index is -0.763. The summed E-state index contributed by atoms with van der Waals surface area (Å²) in [7, 11) is 1.58. The second-order valence-electron chi connectivity index (χ2n) is 6.32. The van der Waals surface area contributed by atoms with Gasteiger partial charge in [0.2, 0.25) is 0 Å². The molecule has 7 nitrogen and oxygen atoms in total. The molecule has 0 saturated heterocycles. The fourth-order valence-corrected chi connectivity index (χ4v) is 3.04. The van der Waals surface area contributed by atoms with Gasteiger partial charge in [-0.1, -0.05) is 30.3 Å². The SMILES string of the molecule is COc1ccc(N[C@H](c2ccccc2[N+](=O)[O-])[C@H](CO)Oc2ccccc2)cc1. The highest BCUT2D eigenvalue weighted by molar-refractivity contribution is 5.52. The topological polar surface area (TPSA) is 93.9 Å². The van der Waals surface area contributed by atoms with Crippen LogP contribution in [0.2, 0.25) is 0 Å². The van der Waals surface area contributed by atoms with Crippen LogP contribution >= 0.6 is 0 Å². The van der Waals surface area contributed by atoms with Crippen molar-refractivity contribution in [3.05, 3.63) is 94.5 Å². The number of nitrogens with zero attached hydrogens (tertiary/aromatic N) is 1. The quantitative estimate of drug-likeness (QED) is 0.417. The van der Waals surface area contributed by atoms with E-state index in [4.69, 9.17) is 9.47 Å². The van der Waals surface area contributed by atoms with Gasteiger partial charge in [0.05, 0.1) is 30.2 Å². The van der Waals surface area contributed by atoms with Crippen molar-refractivity contribution < 1.29 is 19.5 Å². The normalized spacial score (nSPS) is 12.6. The van der Waals surface area contributed by atoms with E-state index in [1.54, 1.807) is 61.7 Å². The maximum absolute atomic E-state index is 11.6. The standard InChI is InChI=1S/C22H22N2O5/c1-28-17-13-11-16(12-14-17)23-22(19-9-5-6-10-20(19)24(26)27)21(15-25)29-18-7-3-2-4-8-18/h2-14,21-23,25H,15H2,1H3/t21-,22+/m0/s1. The lowest BCUT2D eigenvalue weighted by atomic mass is 9.99. The van der Waals surface area contributed by atoms with Gasteiger partial charge < -0.3 is 19.9 Å². The fraction of sp³-hybridized carbons (Fsp3) is 0.182. The first kappa shape index (κ1) is 20.2. The van der Waals surface area contributed by atoms with E-state index in [1.807, 2.05) is 18.2 Å². The van der Waals surface area contributed by atoms with Gasteiger partial charge in [-0.25, -0.2) is 0 Å². The predicted octanol–water partition coefficient (Wildman–Crippen LogP) is 4.20. The van der Waals surface area contributed by atoms with E-state index in [9.17, 15) is 15.2 Å². The molecule has 0 aromatic heterocycles. The molecule has 2 N–H and O–H groups in total. The summed E-state index contributed by atoms with van der Waals surface area (Å²) in [5.41, 5.74) is 1.08. The van der Waals surface area contributed by atoms with Crippen molar-refractivity contribution in [3.63, 3.8) is 0 Å². The Morgan fingerprint density at radius 3 is 2.24 bits per heavy atom. The van der Waals surface area contributed by atoms with Crippen molar-refractivity contribution >= 4 is 11.4 Å². The van der Waals surface area contributed by atoms with E-state index in [1.165, 1.54) is 6.07 Å². The molecule has 0 aliphatic carbocycles. The highest BCUT2D eigenvalue weighted by Gasteiger charge is 2.30. The van der Waals surface area contributed by atoms with Crippen LogP contribution in [-0.2, 0) is 0 Å². The van der Waals surface area contributed by atoms with E-state index in [0.29, 0.717) is 22.7 Å². The van der Waals surface area contributed by atoms with Crippen LogP contribution in [0.5, 0.6) is 11.5 Å². The number of nitro groups is 1. The lowest BCUT2D eigenvalue weighted by Gasteiger charge is -2.28. The van der Waals surface area contributed by atoms with Gasteiger partial charge >= 0.3 is 0 Å². The smallest absolute Gasteiger partial charge is 0.274 e. The molecule has 0 aliphatic rings. The molecule has 2 atom stereocenters. The zero-order valence-electron chi connectivity index (χ0n) is 15.9. The molecule has 0 unspecified atom stereocenters. The highest BCUT2D eigenvalue weighted by Crippen LogP contribution is 2.32. The molecule has 0 spiro atoms. The number of anilines is 1. The zero-order chi connectivity index (χ0) is 20.6. The molecule has 0 bridgehead atoms. The summed E-state index contributed by atoms with van der Waals surface area (Å²) in [5, 5.41) is 24.9. The Labute approximate surface area is 168 Å². The number of nitrogens with one attached hydrogen (secondary N) is 1. The van der Waals surface area contributed by atoms with Crippen molar-refractivity contribution in [3.8, 4) is 11.5 Å². The monoisotopic (exact) mass is 394 g/mol. The van der Waals surface area contributed by atoms with Crippen LogP contribution < -0.4 is 14.8 Å². The number of methoxy groups -OCH3 is 1. The second kappa shape index (κ2) is 9.57. The Bertz CT molecular complexity index is 931. The molecule has 0 saturated carbocycles. The van der Waals surface area contributed by atoms with Crippen molar-refractivity contribution in [2.45, 2.75) is 12.1 Å². The van der Waals surface area contributed by atoms with E-state index >= 15 is 0 Å². The number of ether oxygens (including phenoxy) is 2. The number of hydrogen-bond acceptors (Lipinski definition) is 6. The lowest BCUT2D eigenvalue weighted by molar-refractivity contribution is -0.385. The number of aliphatic hydroxyl groups excluding tert-OH is 1. The van der Waals surface area contributed by atoms with Gasteiger partial charge in [-0.2, -0.15) is 0 Å². The largest absolute Gasteiger partial charge is 0.497 e. The van der Waals surface area contributed by atoms with Crippen molar-refractivity contribution in [2.75, 3.05) is 19.0 Å². The third-order valence-electron chi connectivity index (χ3n) is 4.46. The van der Waals surface area contributed by atoms with Crippen LogP contribution in [0.1, 0.15) is 11.6 Å². The molecule has 3 aromatic rings. The Balaban J connectivity index is 1.98. The number of benzene rings is 3. The molecular formula is C22H22N2O5. The molecule has 0 aliphatic heterocycles. The summed E-state index contributed by atoms with van der Waals surface area (Å²) in [6.45, 7) is -0.339. The number of aliphatic hydroxyl groups is 1. The third-order valence-corrected chi connectivity index (χ3v) is 4.46. The van der Waals surface area contributed by atoms with E-state index < -0.39 is 17.1 Å². The summed E-state index contributed by atoms with van der Waals surface area (Å²) in [6, 6.07) is 22.0. The van der Waals surface area contributed by atoms with Gasteiger partial charge in [0.15, 0.2) is 0 Å². The number of rotatable bonds is 9. The summed E-state index contributed by atoms with van der Waals surface area (Å²) in [6.07, 6.45) is -0.763. The van der Waals surface area contributed by atoms with Crippen molar-refractivity contribution in [2.24, 2.45) is 0 Å². The Hall–Kier alpha value is -3.58. The highest BCUT2D eigenvalue weighted by atomic mass is 16.6. The summed E-state index contributed by atoms with van der Waals surface area (Å²) >= 11 is 0. The van der Waals surface area contributed by atoms with Gasteiger partial charge in [-0.05, 0) is 42.5 Å². The van der Waals surface area contributed by atoms with E-state index in [-0.39, 0.29) is 12.3 Å². The summed E-state index contributed by atoms with van der Waals surface area (Å²) < 4.78 is 11.1. The van der Waals surface area contributed by atoms with Gasteiger partial charge in [0.25, 0.3) is 5.69 Å². The Morgan fingerprint density at radius 1 is 0.966 bits per heavy atom. The number of para-hydroxylation sites is 2. The van der Waals surface area contributed by atoms with Crippen LogP contribution in [0.4, 0.5) is 11.4 Å². The molecule has 0 radical (unpaired) electrons. The van der Waals surface area contributed by atoms with Gasteiger partial charge in [-0.3, -0.25) is 10.1 Å². The van der Waals surface area contributed by atoms with Gasteiger partial charge in [0.1, 0.15) is 17.6 Å². The molecule has 0 fully saturated rings. The minimum Gasteiger partial charge on any atom is -0.497 e. The average molecular weight is 394 g/mol. The predicted molar refractivity (Wildman–Crippen MR) is 110 cm³/mol. The van der Waals surface area contributed by atoms with Crippen LogP contribution in [0, 0.1) is 10.1 Å². The molecule has 7 heteroatoms. The Kier molecular flexibility index (Phi) is 6.65. The number of hydrogen-bond donors (Lipinski definition) is 2. The molecule has 0 amide bonds. The molecule has 3 aromatic carbocycles. The fourth-order valence-electron chi connectivity index (χ4n) is 3.04.